The van der Waals surface area contributed by atoms with E-state index in [4.69, 9.17) is 23.7 Å². The third-order valence-electron chi connectivity index (χ3n) is 3.64. The van der Waals surface area contributed by atoms with Gasteiger partial charge in [-0.25, -0.2) is 4.79 Å². The molecule has 0 aromatic heterocycles. The fourth-order valence-corrected chi connectivity index (χ4v) is 2.53. The lowest BCUT2D eigenvalue weighted by Gasteiger charge is -2.16. The number of ether oxygens (including phenoxy) is 5. The molecule has 138 valence electrons. The fraction of sp³-hybridized carbons (Fsp3) is 0.526. The highest BCUT2D eigenvalue weighted by Crippen LogP contribution is 2.29. The summed E-state index contributed by atoms with van der Waals surface area (Å²) in [6.07, 6.45) is 2.37. The Hall–Kier alpha value is -1.89. The van der Waals surface area contributed by atoms with Gasteiger partial charge in [-0.05, 0) is 44.5 Å². The maximum absolute atomic E-state index is 11.5. The third kappa shape index (κ3) is 6.16. The highest BCUT2D eigenvalue weighted by molar-refractivity contribution is 5.81. The molecule has 0 bridgehead atoms. The van der Waals surface area contributed by atoms with E-state index in [-0.39, 0.29) is 12.2 Å². The van der Waals surface area contributed by atoms with Crippen LogP contribution >= 0.6 is 0 Å². The van der Waals surface area contributed by atoms with Crippen LogP contribution in [0.3, 0.4) is 0 Å². The van der Waals surface area contributed by atoms with Gasteiger partial charge in [-0.15, -0.1) is 0 Å². The zero-order valence-electron chi connectivity index (χ0n) is 15.2. The van der Waals surface area contributed by atoms with Crippen LogP contribution < -0.4 is 4.74 Å². The Bertz CT molecular complexity index is 578. The van der Waals surface area contributed by atoms with Gasteiger partial charge in [0.05, 0.1) is 26.9 Å². The van der Waals surface area contributed by atoms with Crippen molar-refractivity contribution in [3.63, 3.8) is 0 Å². The number of hydrogen-bond donors (Lipinski definition) is 0. The van der Waals surface area contributed by atoms with E-state index in [0.29, 0.717) is 19.8 Å². The molecule has 1 aliphatic rings. The van der Waals surface area contributed by atoms with Gasteiger partial charge in [0.2, 0.25) is 0 Å². The molecule has 6 heteroatoms. The van der Waals surface area contributed by atoms with Crippen molar-refractivity contribution in [2.24, 2.45) is 0 Å². The van der Waals surface area contributed by atoms with Gasteiger partial charge in [0.1, 0.15) is 18.0 Å². The number of carbonyl (C=O) groups is 1. The number of methoxy groups -OCH3 is 1. The lowest BCUT2D eigenvalue weighted by Crippen LogP contribution is -2.26. The van der Waals surface area contributed by atoms with Crippen molar-refractivity contribution in [1.82, 2.24) is 0 Å². The van der Waals surface area contributed by atoms with Crippen molar-refractivity contribution in [2.45, 2.75) is 45.4 Å². The zero-order chi connectivity index (χ0) is 18.3. The first kappa shape index (κ1) is 19.4. The quantitative estimate of drug-likeness (QED) is 0.531. The Labute approximate surface area is 148 Å². The van der Waals surface area contributed by atoms with Crippen LogP contribution in [0.2, 0.25) is 0 Å². The molecule has 1 saturated heterocycles. The molecule has 1 aromatic rings. The summed E-state index contributed by atoms with van der Waals surface area (Å²) in [5.74, 6) is -0.312. The van der Waals surface area contributed by atoms with Crippen LogP contribution in [0, 0.1) is 0 Å². The molecule has 0 amide bonds. The second kappa shape index (κ2) is 8.99. The average molecular weight is 350 g/mol. The molecular weight excluding hydrogens is 324 g/mol. The van der Waals surface area contributed by atoms with E-state index >= 15 is 0 Å². The molecule has 0 spiro atoms. The molecule has 0 unspecified atom stereocenters. The second-order valence-corrected chi connectivity index (χ2v) is 6.11. The van der Waals surface area contributed by atoms with E-state index in [9.17, 15) is 4.79 Å². The molecule has 2 atom stereocenters. The number of hydrogen-bond acceptors (Lipinski definition) is 6. The Morgan fingerprint density at radius 3 is 2.60 bits per heavy atom. The van der Waals surface area contributed by atoms with E-state index < -0.39 is 11.8 Å². The molecule has 2 rings (SSSR count). The summed E-state index contributed by atoms with van der Waals surface area (Å²) in [6.45, 7) is 6.58. The molecule has 1 fully saturated rings. The van der Waals surface area contributed by atoms with Crippen molar-refractivity contribution < 1.29 is 28.5 Å². The van der Waals surface area contributed by atoms with E-state index in [1.54, 1.807) is 20.1 Å². The lowest BCUT2D eigenvalue weighted by molar-refractivity contribution is -0.149. The lowest BCUT2D eigenvalue weighted by atomic mass is 10.2. The van der Waals surface area contributed by atoms with Gasteiger partial charge in [0.15, 0.2) is 5.79 Å². The minimum absolute atomic E-state index is 0.293. The summed E-state index contributed by atoms with van der Waals surface area (Å²) in [5, 5.41) is 0. The largest absolute Gasteiger partial charge is 0.497 e. The van der Waals surface area contributed by atoms with E-state index in [0.717, 1.165) is 11.3 Å². The Morgan fingerprint density at radius 1 is 1.24 bits per heavy atom. The van der Waals surface area contributed by atoms with E-state index in [2.05, 4.69) is 0 Å². The Kier molecular flexibility index (Phi) is 6.99. The van der Waals surface area contributed by atoms with Crippen LogP contribution in [-0.2, 0) is 30.3 Å². The van der Waals surface area contributed by atoms with Crippen molar-refractivity contribution >= 4 is 5.97 Å². The minimum atomic E-state index is -0.724. The summed E-state index contributed by atoms with van der Waals surface area (Å²) in [7, 11) is 1.63. The van der Waals surface area contributed by atoms with E-state index in [1.165, 1.54) is 6.08 Å². The molecule has 0 radical (unpaired) electrons. The highest BCUT2D eigenvalue weighted by Gasteiger charge is 2.40. The van der Waals surface area contributed by atoms with Crippen molar-refractivity contribution in [3.8, 4) is 5.75 Å². The molecule has 1 aliphatic heterocycles. The van der Waals surface area contributed by atoms with Crippen LogP contribution in [0.5, 0.6) is 5.75 Å². The number of benzene rings is 1. The van der Waals surface area contributed by atoms with Crippen molar-refractivity contribution in [1.29, 1.82) is 0 Å². The maximum atomic E-state index is 11.5. The summed E-state index contributed by atoms with van der Waals surface area (Å²) in [5.41, 5.74) is 1.04. The van der Waals surface area contributed by atoms with Gasteiger partial charge in [0, 0.05) is 6.08 Å². The minimum Gasteiger partial charge on any atom is -0.497 e. The van der Waals surface area contributed by atoms with Crippen LogP contribution in [0.4, 0.5) is 0 Å². The molecule has 1 aromatic carbocycles. The Balaban J connectivity index is 1.87. The topological polar surface area (TPSA) is 63.2 Å². The van der Waals surface area contributed by atoms with Gasteiger partial charge < -0.3 is 23.7 Å². The summed E-state index contributed by atoms with van der Waals surface area (Å²) >= 11 is 0. The predicted octanol–water partition coefficient (Wildman–Crippen LogP) is 2.85. The normalized spacial score (nSPS) is 22.2. The monoisotopic (exact) mass is 350 g/mol. The number of esters is 1. The number of carbonyl (C=O) groups excluding carboxylic acids is 1. The van der Waals surface area contributed by atoms with Gasteiger partial charge in [-0.1, -0.05) is 12.1 Å². The SMILES string of the molecule is CCOC(=O)/C=C/[C@H]1OC(C)(C)O[C@@H]1COCc1ccc(OC)cc1. The second-order valence-electron chi connectivity index (χ2n) is 6.11. The molecule has 1 heterocycles. The molecular formula is C19H26O6. The molecule has 0 saturated carbocycles. The number of rotatable bonds is 8. The standard InChI is InChI=1S/C19H26O6/c1-5-23-18(20)11-10-16-17(25-19(2,3)24-16)13-22-12-14-6-8-15(21-4)9-7-14/h6-11,16-17H,5,12-13H2,1-4H3/b11-10+/t16-,17-/m1/s1. The molecule has 6 nitrogen and oxygen atoms in total. The Morgan fingerprint density at radius 2 is 1.96 bits per heavy atom. The smallest absolute Gasteiger partial charge is 0.330 e. The first-order chi connectivity index (χ1) is 11.9. The summed E-state index contributed by atoms with van der Waals surface area (Å²) < 4.78 is 27.4. The summed E-state index contributed by atoms with van der Waals surface area (Å²) in [4.78, 5) is 11.5. The van der Waals surface area contributed by atoms with Crippen LogP contribution in [0.15, 0.2) is 36.4 Å². The van der Waals surface area contributed by atoms with Crippen molar-refractivity contribution in [2.75, 3.05) is 20.3 Å². The summed E-state index contributed by atoms with van der Waals surface area (Å²) in [6, 6.07) is 7.68. The fourth-order valence-electron chi connectivity index (χ4n) is 2.53. The van der Waals surface area contributed by atoms with Crippen LogP contribution in [0.25, 0.3) is 0 Å². The zero-order valence-corrected chi connectivity index (χ0v) is 15.2. The highest BCUT2D eigenvalue weighted by atomic mass is 16.8. The van der Waals surface area contributed by atoms with Gasteiger partial charge in [-0.2, -0.15) is 0 Å². The maximum Gasteiger partial charge on any atom is 0.330 e. The van der Waals surface area contributed by atoms with E-state index in [1.807, 2.05) is 38.1 Å². The average Bonchev–Trinajstić information content (AvgIpc) is 2.88. The van der Waals surface area contributed by atoms with Gasteiger partial charge >= 0.3 is 5.97 Å². The predicted molar refractivity (Wildman–Crippen MR) is 92.2 cm³/mol. The van der Waals surface area contributed by atoms with Crippen molar-refractivity contribution in [3.05, 3.63) is 42.0 Å². The molecule has 0 aliphatic carbocycles. The van der Waals surface area contributed by atoms with Crippen LogP contribution in [-0.4, -0.2) is 44.3 Å². The van der Waals surface area contributed by atoms with Crippen LogP contribution in [0.1, 0.15) is 26.3 Å². The first-order valence-corrected chi connectivity index (χ1v) is 8.35. The molecule has 25 heavy (non-hydrogen) atoms. The van der Waals surface area contributed by atoms with Gasteiger partial charge in [-0.3, -0.25) is 0 Å². The third-order valence-corrected chi connectivity index (χ3v) is 3.64. The van der Waals surface area contributed by atoms with Gasteiger partial charge in [0.25, 0.3) is 0 Å². The molecule has 0 N–H and O–H groups in total. The first-order valence-electron chi connectivity index (χ1n) is 8.35.